The summed E-state index contributed by atoms with van der Waals surface area (Å²) < 4.78 is 1.34. The molecular weight excluding hydrogens is 282 g/mol. The molecule has 4 rings (SSSR count). The van der Waals surface area contributed by atoms with E-state index < -0.39 is 6.04 Å². The number of benzene rings is 1. The van der Waals surface area contributed by atoms with Gasteiger partial charge in [0.25, 0.3) is 0 Å². The maximum atomic E-state index is 11.9. The number of amides is 1. The molecule has 1 aliphatic heterocycles. The highest BCUT2D eigenvalue weighted by Gasteiger charge is 2.31. The fourth-order valence-corrected chi connectivity index (χ4v) is 2.81. The predicted octanol–water partition coefficient (Wildman–Crippen LogP) is -0.0641. The van der Waals surface area contributed by atoms with Gasteiger partial charge in [0.05, 0.1) is 0 Å². The van der Waals surface area contributed by atoms with Crippen LogP contribution in [0.3, 0.4) is 0 Å². The Morgan fingerprint density at radius 1 is 1.18 bits per heavy atom. The lowest BCUT2D eigenvalue weighted by Gasteiger charge is -2.35. The number of carbonyl (C=O) groups is 1. The number of nitrogens with zero attached hydrogens (tertiary/aromatic N) is 6. The monoisotopic (exact) mass is 295 g/mol. The number of aromatic nitrogens is 5. The zero-order valence-corrected chi connectivity index (χ0v) is 11.6. The first kappa shape index (κ1) is 12.7. The molecule has 3 aromatic rings. The van der Waals surface area contributed by atoms with E-state index in [0.717, 1.165) is 5.56 Å². The predicted molar refractivity (Wildman–Crippen MR) is 77.9 cm³/mol. The highest BCUT2D eigenvalue weighted by molar-refractivity contribution is 5.84. The maximum Gasteiger partial charge on any atom is 0.240 e. The Morgan fingerprint density at radius 2 is 2.00 bits per heavy atom. The van der Waals surface area contributed by atoms with Crippen LogP contribution < -0.4 is 10.6 Å². The number of hydrogen-bond acceptors (Lipinski definition) is 6. The van der Waals surface area contributed by atoms with Gasteiger partial charge in [-0.05, 0) is 33.7 Å². The summed E-state index contributed by atoms with van der Waals surface area (Å²) >= 11 is 0. The van der Waals surface area contributed by atoms with Gasteiger partial charge >= 0.3 is 0 Å². The van der Waals surface area contributed by atoms with E-state index in [2.05, 4.69) is 26.7 Å². The minimum atomic E-state index is -0.434. The van der Waals surface area contributed by atoms with E-state index in [4.69, 9.17) is 5.73 Å². The summed E-state index contributed by atoms with van der Waals surface area (Å²) in [6.45, 7) is 0.574. The van der Waals surface area contributed by atoms with Gasteiger partial charge in [-0.25, -0.2) is 0 Å². The van der Waals surface area contributed by atoms with Crippen molar-refractivity contribution in [3.8, 4) is 0 Å². The number of carbonyl (C=O) groups excluding carboxylic acids is 1. The smallest absolute Gasteiger partial charge is 0.240 e. The Kier molecular flexibility index (Phi) is 2.75. The number of nitrogens with two attached hydrogens (primary N) is 1. The lowest BCUT2D eigenvalue weighted by molar-refractivity contribution is -0.119. The van der Waals surface area contributed by atoms with Crippen LogP contribution in [0.5, 0.6) is 0 Å². The highest BCUT2D eigenvalue weighted by Crippen LogP contribution is 2.27. The Bertz CT molecular complexity index is 859. The van der Waals surface area contributed by atoms with Crippen LogP contribution in [0.25, 0.3) is 5.65 Å². The molecule has 2 aromatic heterocycles. The van der Waals surface area contributed by atoms with E-state index in [1.54, 1.807) is 12.1 Å². The van der Waals surface area contributed by atoms with Crippen LogP contribution in [0.4, 0.5) is 5.82 Å². The quantitative estimate of drug-likeness (QED) is 0.710. The normalized spacial score (nSPS) is 17.5. The molecule has 8 heteroatoms. The van der Waals surface area contributed by atoms with E-state index in [0.29, 0.717) is 24.4 Å². The lowest BCUT2D eigenvalue weighted by atomic mass is 9.93. The van der Waals surface area contributed by atoms with Crippen molar-refractivity contribution in [3.05, 3.63) is 47.5 Å². The topological polar surface area (TPSA) is 102 Å². The minimum Gasteiger partial charge on any atom is -0.368 e. The molecule has 110 valence electrons. The van der Waals surface area contributed by atoms with Crippen molar-refractivity contribution >= 4 is 17.4 Å². The van der Waals surface area contributed by atoms with Crippen LogP contribution in [0.1, 0.15) is 11.1 Å². The second-order valence-electron chi connectivity index (χ2n) is 5.24. The third-order valence-corrected chi connectivity index (χ3v) is 3.93. The van der Waals surface area contributed by atoms with E-state index in [1.165, 1.54) is 10.2 Å². The molecule has 0 bridgehead atoms. The van der Waals surface area contributed by atoms with Crippen LogP contribution in [0.2, 0.25) is 0 Å². The number of tetrazole rings is 1. The number of fused-ring (bicyclic) bond motifs is 2. The van der Waals surface area contributed by atoms with Gasteiger partial charge in [-0.15, -0.1) is 14.8 Å². The third-order valence-electron chi connectivity index (χ3n) is 3.93. The van der Waals surface area contributed by atoms with E-state index >= 15 is 0 Å². The van der Waals surface area contributed by atoms with Crippen molar-refractivity contribution in [3.63, 3.8) is 0 Å². The molecule has 0 saturated heterocycles. The zero-order valence-electron chi connectivity index (χ0n) is 11.6. The van der Waals surface area contributed by atoms with Crippen molar-refractivity contribution < 1.29 is 4.79 Å². The molecule has 0 aliphatic carbocycles. The summed E-state index contributed by atoms with van der Waals surface area (Å²) in [5.41, 5.74) is 8.45. The molecule has 0 saturated carbocycles. The fourth-order valence-electron chi connectivity index (χ4n) is 2.81. The van der Waals surface area contributed by atoms with Crippen LogP contribution in [0, 0.1) is 0 Å². The first-order valence-corrected chi connectivity index (χ1v) is 6.90. The van der Waals surface area contributed by atoms with Crippen molar-refractivity contribution in [1.29, 1.82) is 0 Å². The van der Waals surface area contributed by atoms with Gasteiger partial charge in [-0.2, -0.15) is 0 Å². The molecule has 0 spiro atoms. The van der Waals surface area contributed by atoms with Crippen molar-refractivity contribution in [2.24, 2.45) is 5.73 Å². The average molecular weight is 295 g/mol. The third kappa shape index (κ3) is 1.96. The SMILES string of the molecule is NC(=O)[C@@H]1Cc2ccccc2CN1c1ccc2nnnn2n1. The molecule has 0 unspecified atom stereocenters. The molecule has 1 aliphatic rings. The van der Waals surface area contributed by atoms with Gasteiger partial charge in [-0.3, -0.25) is 4.79 Å². The molecule has 1 atom stereocenters. The Labute approximate surface area is 125 Å². The number of anilines is 1. The fraction of sp³-hybridized carbons (Fsp3) is 0.214. The summed E-state index contributed by atoms with van der Waals surface area (Å²) in [7, 11) is 0. The number of hydrogen-bond donors (Lipinski definition) is 1. The standard InChI is InChI=1S/C14H13N7O/c15-14(22)11-7-9-3-1-2-4-10(9)8-20(11)13-6-5-12-16-18-19-21(12)17-13/h1-6,11H,7-8H2,(H2,15,22)/t11-/m0/s1. The lowest BCUT2D eigenvalue weighted by Crippen LogP contribution is -2.49. The first-order chi connectivity index (χ1) is 10.7. The second-order valence-corrected chi connectivity index (χ2v) is 5.24. The van der Waals surface area contributed by atoms with E-state index in [-0.39, 0.29) is 5.91 Å². The minimum absolute atomic E-state index is 0.367. The van der Waals surface area contributed by atoms with Crippen LogP contribution in [0.15, 0.2) is 36.4 Å². The zero-order chi connectivity index (χ0) is 15.1. The summed E-state index contributed by atoms with van der Waals surface area (Å²) in [5.74, 6) is 0.256. The van der Waals surface area contributed by atoms with Crippen LogP contribution in [-0.4, -0.2) is 37.2 Å². The second kappa shape index (κ2) is 4.76. The molecule has 1 amide bonds. The van der Waals surface area contributed by atoms with Gasteiger partial charge < -0.3 is 10.6 Å². The first-order valence-electron chi connectivity index (χ1n) is 6.90. The van der Waals surface area contributed by atoms with Crippen molar-refractivity contribution in [1.82, 2.24) is 25.3 Å². The molecule has 8 nitrogen and oxygen atoms in total. The molecule has 22 heavy (non-hydrogen) atoms. The molecule has 2 N–H and O–H groups in total. The van der Waals surface area contributed by atoms with Crippen molar-refractivity contribution in [2.45, 2.75) is 19.0 Å². The van der Waals surface area contributed by atoms with Gasteiger partial charge in [0.15, 0.2) is 11.5 Å². The van der Waals surface area contributed by atoms with Gasteiger partial charge in [0, 0.05) is 13.0 Å². The molecule has 3 heterocycles. The van der Waals surface area contributed by atoms with Gasteiger partial charge in [-0.1, -0.05) is 24.3 Å². The molecular formula is C14H13N7O. The Hall–Kier alpha value is -3.03. The molecule has 0 fully saturated rings. The Balaban J connectivity index is 1.79. The van der Waals surface area contributed by atoms with Crippen LogP contribution in [-0.2, 0) is 17.8 Å². The molecule has 0 radical (unpaired) electrons. The highest BCUT2D eigenvalue weighted by atomic mass is 16.1. The van der Waals surface area contributed by atoms with Gasteiger partial charge in [0.1, 0.15) is 6.04 Å². The summed E-state index contributed by atoms with van der Waals surface area (Å²) in [5, 5.41) is 15.5. The summed E-state index contributed by atoms with van der Waals surface area (Å²) in [6, 6.07) is 11.2. The molecule has 1 aromatic carbocycles. The van der Waals surface area contributed by atoms with E-state index in [9.17, 15) is 4.79 Å². The largest absolute Gasteiger partial charge is 0.368 e. The summed E-state index contributed by atoms with van der Waals surface area (Å²) in [6.07, 6.45) is 0.570. The van der Waals surface area contributed by atoms with Crippen LogP contribution >= 0.6 is 0 Å². The Morgan fingerprint density at radius 3 is 2.82 bits per heavy atom. The van der Waals surface area contributed by atoms with Crippen molar-refractivity contribution in [2.75, 3.05) is 4.90 Å². The summed E-state index contributed by atoms with van der Waals surface area (Å²) in [4.78, 5) is 13.8. The number of rotatable bonds is 2. The maximum absolute atomic E-state index is 11.9. The van der Waals surface area contributed by atoms with E-state index in [1.807, 2.05) is 23.1 Å². The average Bonchev–Trinajstić information content (AvgIpc) is 3.01. The number of primary amides is 1. The van der Waals surface area contributed by atoms with Gasteiger partial charge in [0.2, 0.25) is 5.91 Å².